The molecule has 0 radical (unpaired) electrons. The molecule has 0 aromatic heterocycles. The summed E-state index contributed by atoms with van der Waals surface area (Å²) in [6.45, 7) is 0. The molecule has 0 aliphatic heterocycles. The molecule has 0 atom stereocenters. The van der Waals surface area contributed by atoms with E-state index in [1.807, 2.05) is 0 Å². The van der Waals surface area contributed by atoms with Crippen molar-refractivity contribution >= 4 is 33.1 Å². The van der Waals surface area contributed by atoms with Gasteiger partial charge in [-0.05, 0) is 30.3 Å². The highest BCUT2D eigenvalue weighted by atomic mass is 35.5. The first-order valence-electron chi connectivity index (χ1n) is 5.76. The molecule has 9 heteroatoms. The number of rotatable bonds is 4. The Kier molecular flexibility index (Phi) is 4.16. The molecule has 0 aliphatic rings. The van der Waals surface area contributed by atoms with Crippen LogP contribution in [0.4, 0.5) is 5.69 Å². The minimum atomic E-state index is -4.20. The third-order valence-corrected chi connectivity index (χ3v) is 4.83. The highest BCUT2D eigenvalue weighted by molar-refractivity contribution is 7.91. The lowest BCUT2D eigenvalue weighted by Crippen LogP contribution is -2.07. The number of nitrogens with zero attached hydrogens (tertiary/aromatic N) is 1. The highest BCUT2D eigenvalue weighted by Crippen LogP contribution is 2.31. The van der Waals surface area contributed by atoms with E-state index in [1.165, 1.54) is 18.2 Å². The van der Waals surface area contributed by atoms with Crippen LogP contribution in [0.2, 0.25) is 5.02 Å². The third-order valence-electron chi connectivity index (χ3n) is 2.80. The highest BCUT2D eigenvalue weighted by Gasteiger charge is 2.28. The van der Waals surface area contributed by atoms with Crippen molar-refractivity contribution in [3.63, 3.8) is 0 Å². The molecule has 0 saturated carbocycles. The van der Waals surface area contributed by atoms with Crippen molar-refractivity contribution in [1.82, 2.24) is 0 Å². The summed E-state index contributed by atoms with van der Waals surface area (Å²) in [6, 6.07) is 7.86. The number of nitro groups is 1. The van der Waals surface area contributed by atoms with Gasteiger partial charge in [-0.15, -0.1) is 0 Å². The van der Waals surface area contributed by atoms with Crippen molar-refractivity contribution in [2.45, 2.75) is 9.79 Å². The van der Waals surface area contributed by atoms with Gasteiger partial charge in [0.1, 0.15) is 4.90 Å². The number of hydrogen-bond acceptors (Lipinski definition) is 5. The molecule has 0 fully saturated rings. The largest absolute Gasteiger partial charge is 0.478 e. The van der Waals surface area contributed by atoms with Crippen LogP contribution in [0.1, 0.15) is 10.4 Å². The van der Waals surface area contributed by atoms with Crippen LogP contribution in [0.25, 0.3) is 0 Å². The standard InChI is InChI=1S/C13H8ClNO6S/c14-9-2-1-3-10(7-9)22(20,21)12-5-4-8(13(16)17)6-11(12)15(18)19/h1-7H,(H,16,17). The molecule has 2 aromatic carbocycles. The minimum absolute atomic E-state index is 0.158. The average Bonchev–Trinajstić information content (AvgIpc) is 2.46. The number of sulfone groups is 1. The second kappa shape index (κ2) is 5.74. The molecule has 0 amide bonds. The zero-order valence-electron chi connectivity index (χ0n) is 10.8. The van der Waals surface area contributed by atoms with Crippen LogP contribution in [0, 0.1) is 10.1 Å². The topological polar surface area (TPSA) is 115 Å². The molecule has 0 heterocycles. The summed E-state index contributed by atoms with van der Waals surface area (Å²) < 4.78 is 25.0. The van der Waals surface area contributed by atoms with Crippen LogP contribution in [0.3, 0.4) is 0 Å². The van der Waals surface area contributed by atoms with E-state index in [1.54, 1.807) is 0 Å². The van der Waals surface area contributed by atoms with Gasteiger partial charge in [0, 0.05) is 11.1 Å². The van der Waals surface area contributed by atoms with Crippen molar-refractivity contribution in [3.8, 4) is 0 Å². The summed E-state index contributed by atoms with van der Waals surface area (Å²) in [5.41, 5.74) is -1.18. The molecule has 7 nitrogen and oxygen atoms in total. The first-order chi connectivity index (χ1) is 10.2. The van der Waals surface area contributed by atoms with Gasteiger partial charge < -0.3 is 5.11 Å². The van der Waals surface area contributed by atoms with E-state index < -0.39 is 31.3 Å². The van der Waals surface area contributed by atoms with E-state index in [0.29, 0.717) is 6.07 Å². The third kappa shape index (κ3) is 2.92. The summed E-state index contributed by atoms with van der Waals surface area (Å²) >= 11 is 5.73. The Morgan fingerprint density at radius 3 is 2.41 bits per heavy atom. The van der Waals surface area contributed by atoms with Gasteiger partial charge in [-0.25, -0.2) is 13.2 Å². The monoisotopic (exact) mass is 341 g/mol. The van der Waals surface area contributed by atoms with Gasteiger partial charge >= 0.3 is 5.97 Å². The normalized spacial score (nSPS) is 11.1. The number of aromatic carboxylic acids is 1. The number of benzene rings is 2. The van der Waals surface area contributed by atoms with Crippen LogP contribution in [0.15, 0.2) is 52.3 Å². The molecule has 114 valence electrons. The lowest BCUT2D eigenvalue weighted by molar-refractivity contribution is -0.387. The molecule has 0 aliphatic carbocycles. The van der Waals surface area contributed by atoms with Gasteiger partial charge in [0.25, 0.3) is 5.69 Å². The van der Waals surface area contributed by atoms with Gasteiger partial charge in [0.05, 0.1) is 15.4 Å². The van der Waals surface area contributed by atoms with Crippen molar-refractivity contribution in [2.24, 2.45) is 0 Å². The molecule has 0 spiro atoms. The first-order valence-corrected chi connectivity index (χ1v) is 7.62. The summed E-state index contributed by atoms with van der Waals surface area (Å²) in [5, 5.41) is 20.1. The molecular weight excluding hydrogens is 334 g/mol. The average molecular weight is 342 g/mol. The number of carboxylic acid groups (broad SMARTS) is 1. The van der Waals surface area contributed by atoms with E-state index in [2.05, 4.69) is 0 Å². The number of nitro benzene ring substituents is 1. The molecule has 0 bridgehead atoms. The maximum atomic E-state index is 12.5. The zero-order valence-corrected chi connectivity index (χ0v) is 12.3. The zero-order chi connectivity index (χ0) is 16.5. The summed E-state index contributed by atoms with van der Waals surface area (Å²) in [6.07, 6.45) is 0. The molecule has 0 saturated heterocycles. The maximum absolute atomic E-state index is 12.5. The van der Waals surface area contributed by atoms with E-state index in [4.69, 9.17) is 16.7 Å². The van der Waals surface area contributed by atoms with Crippen LogP contribution in [-0.2, 0) is 9.84 Å². The Morgan fingerprint density at radius 1 is 1.18 bits per heavy atom. The van der Waals surface area contributed by atoms with Crippen LogP contribution < -0.4 is 0 Å². The van der Waals surface area contributed by atoms with Crippen molar-refractivity contribution in [1.29, 1.82) is 0 Å². The first kappa shape index (κ1) is 15.9. The van der Waals surface area contributed by atoms with Crippen LogP contribution in [-0.4, -0.2) is 24.4 Å². The van der Waals surface area contributed by atoms with Gasteiger partial charge in [-0.3, -0.25) is 10.1 Å². The fourth-order valence-electron chi connectivity index (χ4n) is 1.78. The fraction of sp³-hybridized carbons (Fsp3) is 0. The molecule has 0 unspecified atom stereocenters. The second-order valence-electron chi connectivity index (χ2n) is 4.21. The maximum Gasteiger partial charge on any atom is 0.335 e. The number of halogens is 1. The van der Waals surface area contributed by atoms with Gasteiger partial charge in [0.2, 0.25) is 9.84 Å². The lowest BCUT2D eigenvalue weighted by atomic mass is 10.2. The minimum Gasteiger partial charge on any atom is -0.478 e. The van der Waals surface area contributed by atoms with Gasteiger partial charge in [0.15, 0.2) is 0 Å². The Labute approximate surface area is 129 Å². The lowest BCUT2D eigenvalue weighted by Gasteiger charge is -2.06. The predicted molar refractivity (Wildman–Crippen MR) is 77.0 cm³/mol. The number of carboxylic acids is 1. The molecule has 22 heavy (non-hydrogen) atoms. The Balaban J connectivity index is 2.70. The number of hydrogen-bond donors (Lipinski definition) is 1. The van der Waals surface area contributed by atoms with E-state index in [-0.39, 0.29) is 15.5 Å². The predicted octanol–water partition coefficient (Wildman–Crippen LogP) is 2.78. The smallest absolute Gasteiger partial charge is 0.335 e. The quantitative estimate of drug-likeness (QED) is 0.675. The van der Waals surface area contributed by atoms with E-state index >= 15 is 0 Å². The van der Waals surface area contributed by atoms with Crippen LogP contribution in [0.5, 0.6) is 0 Å². The fourth-order valence-corrected chi connectivity index (χ4v) is 3.49. The van der Waals surface area contributed by atoms with Gasteiger partial charge in [-0.1, -0.05) is 17.7 Å². The Bertz CT molecular complexity index is 878. The molecule has 2 aromatic rings. The van der Waals surface area contributed by atoms with Gasteiger partial charge in [-0.2, -0.15) is 0 Å². The molecule has 1 N–H and O–H groups in total. The summed E-state index contributed by atoms with van der Waals surface area (Å²) in [4.78, 5) is 20.2. The Hall–Kier alpha value is -2.45. The summed E-state index contributed by atoms with van der Waals surface area (Å²) in [5.74, 6) is -1.39. The van der Waals surface area contributed by atoms with Crippen molar-refractivity contribution in [2.75, 3.05) is 0 Å². The van der Waals surface area contributed by atoms with E-state index in [0.717, 1.165) is 18.2 Å². The Morgan fingerprint density at radius 2 is 1.86 bits per heavy atom. The molecular formula is C13H8ClNO6S. The summed E-state index contributed by atoms with van der Waals surface area (Å²) in [7, 11) is -4.20. The SMILES string of the molecule is O=C(O)c1ccc(S(=O)(=O)c2cccc(Cl)c2)c([N+](=O)[O-])c1. The van der Waals surface area contributed by atoms with Crippen LogP contribution >= 0.6 is 11.6 Å². The number of carbonyl (C=O) groups is 1. The van der Waals surface area contributed by atoms with Crippen molar-refractivity contribution < 1.29 is 23.2 Å². The molecule has 2 rings (SSSR count). The second-order valence-corrected chi connectivity index (χ2v) is 6.56. The van der Waals surface area contributed by atoms with Crippen molar-refractivity contribution in [3.05, 3.63) is 63.2 Å². The van der Waals surface area contributed by atoms with E-state index in [9.17, 15) is 23.3 Å².